The van der Waals surface area contributed by atoms with Crippen molar-refractivity contribution < 1.29 is 27.1 Å². The first-order chi connectivity index (χ1) is 19.6. The number of aromatic nitrogens is 2. The third-order valence-corrected chi connectivity index (χ3v) is 7.51. The first kappa shape index (κ1) is 28.6. The van der Waals surface area contributed by atoms with Gasteiger partial charge in [-0.3, -0.25) is 13.8 Å². The summed E-state index contributed by atoms with van der Waals surface area (Å²) in [7, 11) is 3.56. The van der Waals surface area contributed by atoms with Crippen LogP contribution in [0.3, 0.4) is 0 Å². The topological polar surface area (TPSA) is 123 Å². The number of nitrogens with zero attached hydrogens (tertiary/aromatic N) is 3. The number of benzene rings is 2. The molecular weight excluding hydrogens is 556 g/mol. The molecule has 0 saturated carbocycles. The van der Waals surface area contributed by atoms with Crippen molar-refractivity contribution in [1.29, 1.82) is 0 Å². The number of amides is 1. The molecule has 0 aliphatic carbocycles. The fraction of sp³-hybridized carbons (Fsp3) is 0.286. The van der Waals surface area contributed by atoms with Crippen molar-refractivity contribution >= 4 is 28.1 Å². The standard InChI is InChI=1S/C28H29F2N5O5S/c1-33-9-11-35(12-10-33)27(36)23-15-20-21(16-34(2)28(37)26(20)32-23)19-13-17(7-8-31-41(38)39)3-5-24(19)40-25-6-4-18(29)14-22(25)30/h3-6,13-16,31-32H,7-12H2,1-2H3,(H,38,39)/p-1. The van der Waals surface area contributed by atoms with Gasteiger partial charge in [0.25, 0.3) is 11.5 Å². The number of aromatic amines is 1. The third-order valence-electron chi connectivity index (χ3n) is 7.07. The largest absolute Gasteiger partial charge is 0.760 e. The first-order valence-corrected chi connectivity index (χ1v) is 14.0. The second-order valence-corrected chi connectivity index (χ2v) is 10.7. The van der Waals surface area contributed by atoms with Gasteiger partial charge in [-0.25, -0.2) is 13.5 Å². The molecule has 1 amide bonds. The molecule has 13 heteroatoms. The Bertz CT molecular complexity index is 1700. The van der Waals surface area contributed by atoms with E-state index in [9.17, 15) is 27.1 Å². The van der Waals surface area contributed by atoms with Gasteiger partial charge in [-0.2, -0.15) is 0 Å². The molecule has 2 aromatic carbocycles. The van der Waals surface area contributed by atoms with Gasteiger partial charge in [-0.15, -0.1) is 0 Å². The minimum atomic E-state index is -2.42. The molecule has 0 bridgehead atoms. The normalized spacial score (nSPS) is 14.9. The predicted molar refractivity (Wildman–Crippen MR) is 149 cm³/mol. The molecule has 5 rings (SSSR count). The van der Waals surface area contributed by atoms with E-state index in [4.69, 9.17) is 4.74 Å². The van der Waals surface area contributed by atoms with E-state index in [1.54, 1.807) is 42.4 Å². The molecule has 4 aromatic rings. The van der Waals surface area contributed by atoms with Gasteiger partial charge < -0.3 is 28.6 Å². The average molecular weight is 585 g/mol. The zero-order chi connectivity index (χ0) is 29.3. The van der Waals surface area contributed by atoms with E-state index in [1.165, 1.54) is 10.6 Å². The highest BCUT2D eigenvalue weighted by Crippen LogP contribution is 2.38. The lowest BCUT2D eigenvalue weighted by molar-refractivity contribution is 0.0659. The van der Waals surface area contributed by atoms with E-state index < -0.39 is 22.9 Å². The Morgan fingerprint density at radius 2 is 1.78 bits per heavy atom. The highest BCUT2D eigenvalue weighted by Gasteiger charge is 2.24. The number of pyridine rings is 1. The molecule has 0 spiro atoms. The number of hydrogen-bond donors (Lipinski definition) is 2. The number of rotatable bonds is 8. The predicted octanol–water partition coefficient (Wildman–Crippen LogP) is 2.92. The lowest BCUT2D eigenvalue weighted by Gasteiger charge is -2.32. The lowest BCUT2D eigenvalue weighted by Crippen LogP contribution is -2.47. The number of halogens is 2. The zero-order valence-electron chi connectivity index (χ0n) is 22.4. The van der Waals surface area contributed by atoms with E-state index in [0.717, 1.165) is 24.7 Å². The monoisotopic (exact) mass is 584 g/mol. The molecule has 3 heterocycles. The molecule has 2 aromatic heterocycles. The van der Waals surface area contributed by atoms with Crippen molar-refractivity contribution in [2.45, 2.75) is 6.42 Å². The number of aryl methyl sites for hydroxylation is 1. The first-order valence-electron chi connectivity index (χ1n) is 12.9. The minimum absolute atomic E-state index is 0.138. The average Bonchev–Trinajstić information content (AvgIpc) is 3.39. The van der Waals surface area contributed by atoms with Crippen molar-refractivity contribution in [1.82, 2.24) is 24.1 Å². The molecule has 216 valence electrons. The summed E-state index contributed by atoms with van der Waals surface area (Å²) in [6, 6.07) is 9.65. The number of piperazine rings is 1. The molecular formula is C28H28F2N5O5S-. The van der Waals surface area contributed by atoms with Gasteiger partial charge in [0, 0.05) is 79.8 Å². The molecule has 2 N–H and O–H groups in total. The van der Waals surface area contributed by atoms with Crippen LogP contribution >= 0.6 is 0 Å². The summed E-state index contributed by atoms with van der Waals surface area (Å²) in [4.78, 5) is 33.3. The summed E-state index contributed by atoms with van der Waals surface area (Å²) in [6.45, 7) is 2.73. The highest BCUT2D eigenvalue weighted by atomic mass is 32.2. The van der Waals surface area contributed by atoms with Gasteiger partial charge in [-0.1, -0.05) is 6.07 Å². The Kier molecular flexibility index (Phi) is 8.31. The van der Waals surface area contributed by atoms with Gasteiger partial charge in [-0.05, 0) is 49.4 Å². The molecule has 1 atom stereocenters. The van der Waals surface area contributed by atoms with Gasteiger partial charge in [0.05, 0.1) is 0 Å². The molecule has 1 aliphatic rings. The Labute approximate surface area is 236 Å². The Hall–Kier alpha value is -3.91. The summed E-state index contributed by atoms with van der Waals surface area (Å²) in [6.07, 6.45) is 1.93. The second-order valence-electron chi connectivity index (χ2n) is 9.91. The number of carbonyl (C=O) groups is 1. The zero-order valence-corrected chi connectivity index (χ0v) is 23.2. The van der Waals surface area contributed by atoms with Gasteiger partial charge >= 0.3 is 0 Å². The fourth-order valence-corrected chi connectivity index (χ4v) is 5.10. The highest BCUT2D eigenvalue weighted by molar-refractivity contribution is 7.77. The van der Waals surface area contributed by atoms with Crippen molar-refractivity contribution in [2.24, 2.45) is 7.05 Å². The number of likely N-dealkylation sites (N-methyl/N-ethyl adjacent to an activating group) is 1. The summed E-state index contributed by atoms with van der Waals surface area (Å²) in [5.74, 6) is -1.86. The maximum Gasteiger partial charge on any atom is 0.274 e. The van der Waals surface area contributed by atoms with E-state index in [2.05, 4.69) is 14.6 Å². The number of H-pyrrole nitrogens is 1. The van der Waals surface area contributed by atoms with Crippen molar-refractivity contribution in [2.75, 3.05) is 39.8 Å². The quantitative estimate of drug-likeness (QED) is 0.307. The Morgan fingerprint density at radius 1 is 1.05 bits per heavy atom. The van der Waals surface area contributed by atoms with Crippen LogP contribution in [0, 0.1) is 11.6 Å². The third kappa shape index (κ3) is 6.22. The van der Waals surface area contributed by atoms with Crippen LogP contribution in [0.25, 0.3) is 22.0 Å². The second kappa shape index (κ2) is 11.9. The number of fused-ring (bicyclic) bond motifs is 1. The summed E-state index contributed by atoms with van der Waals surface area (Å²) in [5, 5.41) is 0.464. The van der Waals surface area contributed by atoms with Crippen molar-refractivity contribution in [3.63, 3.8) is 0 Å². The van der Waals surface area contributed by atoms with Crippen LogP contribution in [-0.4, -0.2) is 73.8 Å². The van der Waals surface area contributed by atoms with Crippen LogP contribution in [0.5, 0.6) is 11.5 Å². The van der Waals surface area contributed by atoms with Crippen molar-refractivity contribution in [3.8, 4) is 22.6 Å². The van der Waals surface area contributed by atoms with Crippen LogP contribution in [0.4, 0.5) is 8.78 Å². The summed E-state index contributed by atoms with van der Waals surface area (Å²) in [5.41, 5.74) is 1.86. The number of carbonyl (C=O) groups excluding carboxylic acids is 1. The van der Waals surface area contributed by atoms with Gasteiger partial charge in [0.1, 0.15) is 22.8 Å². The van der Waals surface area contributed by atoms with Crippen LogP contribution in [0.2, 0.25) is 0 Å². The molecule has 1 unspecified atom stereocenters. The van der Waals surface area contributed by atoms with Gasteiger partial charge in [0.15, 0.2) is 11.6 Å². The molecule has 1 aliphatic heterocycles. The Balaban J connectivity index is 1.61. The Morgan fingerprint density at radius 3 is 2.49 bits per heavy atom. The molecule has 41 heavy (non-hydrogen) atoms. The molecule has 1 saturated heterocycles. The van der Waals surface area contributed by atoms with Crippen LogP contribution in [0.1, 0.15) is 16.1 Å². The maximum absolute atomic E-state index is 14.5. The van der Waals surface area contributed by atoms with Crippen LogP contribution < -0.4 is 15.0 Å². The molecule has 10 nitrogen and oxygen atoms in total. The molecule has 0 radical (unpaired) electrons. The van der Waals surface area contributed by atoms with Gasteiger partial charge in [0.2, 0.25) is 0 Å². The van der Waals surface area contributed by atoms with E-state index in [1.807, 2.05) is 7.05 Å². The van der Waals surface area contributed by atoms with Crippen LogP contribution in [0.15, 0.2) is 53.5 Å². The summed E-state index contributed by atoms with van der Waals surface area (Å²) < 4.78 is 59.5. The summed E-state index contributed by atoms with van der Waals surface area (Å²) >= 11 is -2.42. The van der Waals surface area contributed by atoms with Crippen molar-refractivity contribution in [3.05, 3.63) is 81.9 Å². The van der Waals surface area contributed by atoms with E-state index in [0.29, 0.717) is 42.1 Å². The maximum atomic E-state index is 14.5. The minimum Gasteiger partial charge on any atom is -0.760 e. The SMILES string of the molecule is CN1CCN(C(=O)c2cc3c(-c4cc(CCNS(=O)[O-])ccc4Oc4ccc(F)cc4F)cn(C)c(=O)c3[nH]2)CC1. The number of hydrogen-bond acceptors (Lipinski definition) is 6. The van der Waals surface area contributed by atoms with E-state index >= 15 is 0 Å². The number of nitrogens with one attached hydrogen (secondary N) is 2. The van der Waals surface area contributed by atoms with Crippen LogP contribution in [-0.2, 0) is 24.7 Å². The van der Waals surface area contributed by atoms with E-state index in [-0.39, 0.29) is 40.7 Å². The fourth-order valence-electron chi connectivity index (χ4n) is 4.83. The number of ether oxygens (including phenoxy) is 1. The lowest BCUT2D eigenvalue weighted by atomic mass is 9.99. The molecule has 1 fully saturated rings. The smallest absolute Gasteiger partial charge is 0.274 e.